The molecule has 0 amide bonds. The number of hydrogen-bond acceptors (Lipinski definition) is 3. The fourth-order valence-corrected chi connectivity index (χ4v) is 4.24. The molecular formula is C17H23NOS. The molecule has 1 aromatic carbocycles. The van der Waals surface area contributed by atoms with Gasteiger partial charge in [0.1, 0.15) is 0 Å². The number of carbonyl (C=O) groups is 1. The van der Waals surface area contributed by atoms with E-state index in [0.29, 0.717) is 5.78 Å². The molecule has 1 saturated heterocycles. The number of Topliss-reactive ketones (excluding diaryl/α,β-unsaturated/α-hetero) is 1. The highest BCUT2D eigenvalue weighted by atomic mass is 32.2. The van der Waals surface area contributed by atoms with E-state index in [2.05, 4.69) is 23.1 Å². The van der Waals surface area contributed by atoms with Crippen LogP contribution < -0.4 is 0 Å². The Balaban J connectivity index is 1.67. The van der Waals surface area contributed by atoms with Crippen molar-refractivity contribution in [3.8, 4) is 0 Å². The van der Waals surface area contributed by atoms with E-state index < -0.39 is 0 Å². The van der Waals surface area contributed by atoms with E-state index in [4.69, 9.17) is 0 Å². The van der Waals surface area contributed by atoms with Crippen molar-refractivity contribution in [1.82, 2.24) is 4.90 Å². The monoisotopic (exact) mass is 289 g/mol. The Bertz CT molecular complexity index is 462. The molecule has 1 aliphatic carbocycles. The molecule has 0 atom stereocenters. The van der Waals surface area contributed by atoms with Gasteiger partial charge in [-0.3, -0.25) is 9.69 Å². The summed E-state index contributed by atoms with van der Waals surface area (Å²) >= 11 is 2.04. The Morgan fingerprint density at radius 3 is 2.70 bits per heavy atom. The van der Waals surface area contributed by atoms with Crippen molar-refractivity contribution in [3.63, 3.8) is 0 Å². The Morgan fingerprint density at radius 1 is 1.20 bits per heavy atom. The second-order valence-electron chi connectivity index (χ2n) is 5.93. The van der Waals surface area contributed by atoms with Gasteiger partial charge in [0.25, 0.3) is 0 Å². The Kier molecular flexibility index (Phi) is 4.79. The van der Waals surface area contributed by atoms with Crippen LogP contribution in [0.1, 0.15) is 41.6 Å². The maximum absolute atomic E-state index is 12.5. The van der Waals surface area contributed by atoms with Crippen LogP contribution in [0, 0.1) is 5.92 Å². The van der Waals surface area contributed by atoms with Crippen molar-refractivity contribution in [2.24, 2.45) is 5.92 Å². The topological polar surface area (TPSA) is 20.3 Å². The zero-order valence-corrected chi connectivity index (χ0v) is 12.8. The van der Waals surface area contributed by atoms with Gasteiger partial charge in [0, 0.05) is 42.6 Å². The number of hydrogen-bond donors (Lipinski definition) is 0. The molecular weight excluding hydrogens is 266 g/mol. The molecule has 0 N–H and O–H groups in total. The molecule has 20 heavy (non-hydrogen) atoms. The van der Waals surface area contributed by atoms with E-state index in [1.807, 2.05) is 17.8 Å². The molecule has 0 spiro atoms. The summed E-state index contributed by atoms with van der Waals surface area (Å²) in [5, 5.41) is 0. The smallest absolute Gasteiger partial charge is 0.165 e. The van der Waals surface area contributed by atoms with Gasteiger partial charge in [0.05, 0.1) is 0 Å². The van der Waals surface area contributed by atoms with Crippen LogP contribution in [-0.4, -0.2) is 35.3 Å². The minimum absolute atomic E-state index is 0.289. The lowest BCUT2D eigenvalue weighted by molar-refractivity contribution is 0.0922. The van der Waals surface area contributed by atoms with Crippen LogP contribution in [0.5, 0.6) is 0 Å². The van der Waals surface area contributed by atoms with E-state index in [-0.39, 0.29) is 5.92 Å². The van der Waals surface area contributed by atoms with Gasteiger partial charge in [-0.05, 0) is 24.5 Å². The van der Waals surface area contributed by atoms with Crippen molar-refractivity contribution in [2.75, 3.05) is 24.6 Å². The first kappa shape index (κ1) is 14.2. The number of ketones is 1. The molecule has 0 bridgehead atoms. The third kappa shape index (κ3) is 3.44. The van der Waals surface area contributed by atoms with Crippen molar-refractivity contribution < 1.29 is 4.79 Å². The number of rotatable bonds is 4. The predicted molar refractivity (Wildman–Crippen MR) is 85.3 cm³/mol. The molecule has 3 heteroatoms. The lowest BCUT2D eigenvalue weighted by Crippen LogP contribution is -2.32. The molecule has 1 aliphatic heterocycles. The van der Waals surface area contributed by atoms with Gasteiger partial charge in [-0.1, -0.05) is 31.0 Å². The van der Waals surface area contributed by atoms with Gasteiger partial charge in [-0.2, -0.15) is 11.8 Å². The summed E-state index contributed by atoms with van der Waals surface area (Å²) in [5.41, 5.74) is 2.22. The van der Waals surface area contributed by atoms with Crippen LogP contribution in [-0.2, 0) is 6.54 Å². The van der Waals surface area contributed by atoms with Gasteiger partial charge in [0.15, 0.2) is 5.78 Å². The van der Waals surface area contributed by atoms with Crippen LogP contribution in [0.25, 0.3) is 0 Å². The molecule has 0 radical (unpaired) electrons. The maximum atomic E-state index is 12.5. The first-order valence-electron chi connectivity index (χ1n) is 7.76. The van der Waals surface area contributed by atoms with Gasteiger partial charge < -0.3 is 0 Å². The fraction of sp³-hybridized carbons (Fsp3) is 0.588. The van der Waals surface area contributed by atoms with Crippen molar-refractivity contribution in [2.45, 2.75) is 32.2 Å². The molecule has 0 unspecified atom stereocenters. The Labute approximate surface area is 125 Å². The van der Waals surface area contributed by atoms with E-state index in [9.17, 15) is 4.79 Å². The van der Waals surface area contributed by atoms with Gasteiger partial charge in [-0.25, -0.2) is 0 Å². The summed E-state index contributed by atoms with van der Waals surface area (Å²) in [4.78, 5) is 15.0. The number of nitrogens with zero attached hydrogens (tertiary/aromatic N) is 1. The zero-order valence-electron chi connectivity index (χ0n) is 12.0. The van der Waals surface area contributed by atoms with Crippen LogP contribution in [0.3, 0.4) is 0 Å². The maximum Gasteiger partial charge on any atom is 0.165 e. The Hall–Kier alpha value is -0.800. The average molecular weight is 289 g/mol. The third-order valence-corrected chi connectivity index (χ3v) is 5.39. The van der Waals surface area contributed by atoms with Gasteiger partial charge >= 0.3 is 0 Å². The molecule has 1 aromatic rings. The summed E-state index contributed by atoms with van der Waals surface area (Å²) in [6, 6.07) is 8.34. The average Bonchev–Trinajstić information content (AvgIpc) is 3.02. The van der Waals surface area contributed by atoms with Crippen LogP contribution in [0.15, 0.2) is 24.3 Å². The number of carbonyl (C=O) groups excluding carboxylic acids is 1. The molecule has 0 aromatic heterocycles. The Morgan fingerprint density at radius 2 is 1.95 bits per heavy atom. The van der Waals surface area contributed by atoms with Crippen molar-refractivity contribution in [1.29, 1.82) is 0 Å². The summed E-state index contributed by atoms with van der Waals surface area (Å²) in [6.45, 7) is 3.34. The summed E-state index contributed by atoms with van der Waals surface area (Å²) < 4.78 is 0. The van der Waals surface area contributed by atoms with E-state index in [1.165, 1.54) is 43.0 Å². The summed E-state index contributed by atoms with van der Waals surface area (Å²) in [6.07, 6.45) is 4.63. The van der Waals surface area contributed by atoms with E-state index >= 15 is 0 Å². The molecule has 108 valence electrons. The highest BCUT2D eigenvalue weighted by molar-refractivity contribution is 7.99. The van der Waals surface area contributed by atoms with E-state index in [0.717, 1.165) is 24.9 Å². The lowest BCUT2D eigenvalue weighted by atomic mass is 9.95. The number of benzene rings is 1. The van der Waals surface area contributed by atoms with E-state index in [1.54, 1.807) is 0 Å². The van der Waals surface area contributed by atoms with Crippen molar-refractivity contribution in [3.05, 3.63) is 35.4 Å². The molecule has 2 nitrogen and oxygen atoms in total. The summed E-state index contributed by atoms with van der Waals surface area (Å²) in [5.74, 6) is 3.14. The normalized spacial score (nSPS) is 21.2. The minimum Gasteiger partial charge on any atom is -0.297 e. The predicted octanol–water partition coefficient (Wildman–Crippen LogP) is 3.61. The quantitative estimate of drug-likeness (QED) is 0.790. The first-order valence-corrected chi connectivity index (χ1v) is 8.91. The molecule has 1 heterocycles. The van der Waals surface area contributed by atoms with Crippen LogP contribution in [0.4, 0.5) is 0 Å². The van der Waals surface area contributed by atoms with Gasteiger partial charge in [0.2, 0.25) is 0 Å². The highest BCUT2D eigenvalue weighted by Gasteiger charge is 2.23. The van der Waals surface area contributed by atoms with Crippen LogP contribution in [0.2, 0.25) is 0 Å². The van der Waals surface area contributed by atoms with Crippen LogP contribution >= 0.6 is 11.8 Å². The second-order valence-corrected chi connectivity index (χ2v) is 7.16. The highest BCUT2D eigenvalue weighted by Crippen LogP contribution is 2.28. The van der Waals surface area contributed by atoms with Crippen molar-refractivity contribution >= 4 is 17.5 Å². The second kappa shape index (κ2) is 6.77. The third-order valence-electron chi connectivity index (χ3n) is 4.45. The molecule has 2 aliphatic rings. The molecule has 2 fully saturated rings. The fourth-order valence-electron chi connectivity index (χ4n) is 3.26. The largest absolute Gasteiger partial charge is 0.297 e. The number of thioether (sulfide) groups is 1. The summed E-state index contributed by atoms with van der Waals surface area (Å²) in [7, 11) is 0. The lowest BCUT2D eigenvalue weighted by Gasteiger charge is -2.26. The minimum atomic E-state index is 0.289. The molecule has 3 rings (SSSR count). The first-order chi connectivity index (χ1) is 9.83. The van der Waals surface area contributed by atoms with Gasteiger partial charge in [-0.15, -0.1) is 0 Å². The standard InChI is InChI=1S/C17H23NOS/c19-17(15-5-1-2-6-15)16-7-3-4-14(12-16)13-18-8-10-20-11-9-18/h3-4,7,12,15H,1-2,5-6,8-11,13H2. The zero-order chi connectivity index (χ0) is 13.8. The molecule has 1 saturated carbocycles. The SMILES string of the molecule is O=C(c1cccc(CN2CCSCC2)c1)C1CCCC1.